The molecule has 0 heterocycles. The summed E-state index contributed by atoms with van der Waals surface area (Å²) in [5.74, 6) is -0.151. The molecule has 3 rings (SSSR count). The number of rotatable bonds is 7. The van der Waals surface area contributed by atoms with Crippen molar-refractivity contribution >= 4 is 45.7 Å². The molecule has 0 aliphatic heterocycles. The Morgan fingerprint density at radius 2 is 1.17 bits per heavy atom. The molecule has 3 aromatic rings. The van der Waals surface area contributed by atoms with Crippen LogP contribution in [-0.2, 0) is 9.53 Å². The van der Waals surface area contributed by atoms with Crippen LogP contribution in [0.1, 0.15) is 33.6 Å². The van der Waals surface area contributed by atoms with Crippen molar-refractivity contribution < 1.29 is 9.53 Å². The van der Waals surface area contributed by atoms with Gasteiger partial charge in [-0.3, -0.25) is 4.79 Å². The molecule has 0 aliphatic rings. The van der Waals surface area contributed by atoms with E-state index in [1.807, 2.05) is 20.8 Å². The molecule has 0 radical (unpaired) electrons. The summed E-state index contributed by atoms with van der Waals surface area (Å²) in [4.78, 5) is 10.9. The lowest BCUT2D eigenvalue weighted by Crippen LogP contribution is -2.20. The Bertz CT molecular complexity index is 760. The highest BCUT2D eigenvalue weighted by molar-refractivity contribution is 9.10. The lowest BCUT2D eigenvalue weighted by Gasteiger charge is -2.18. The zero-order valence-corrected chi connectivity index (χ0v) is 20.4. The van der Waals surface area contributed by atoms with E-state index in [9.17, 15) is 4.79 Å². The van der Waals surface area contributed by atoms with Gasteiger partial charge in [-0.05, 0) is 44.1 Å². The zero-order valence-electron chi connectivity index (χ0n) is 17.9. The Labute approximate surface area is 190 Å². The smallest absolute Gasteiger partial charge is 0.319 e. The number of benzene rings is 3. The fourth-order valence-corrected chi connectivity index (χ4v) is 5.73. The monoisotopic (exact) mass is 484 g/mol. The Kier molecular flexibility index (Phi) is 10.8. The van der Waals surface area contributed by atoms with Crippen LogP contribution in [0, 0.1) is 0 Å². The molecule has 0 amide bonds. The third-order valence-electron chi connectivity index (χ3n) is 4.19. The minimum absolute atomic E-state index is 0.0144. The third-order valence-corrected chi connectivity index (χ3v) is 7.47. The fraction of sp³-hybridized carbons (Fsp3) is 0.269. The molecule has 0 aromatic heterocycles. The average Bonchev–Trinajstić information content (AvgIpc) is 2.76. The number of alkyl halides is 1. The van der Waals surface area contributed by atoms with Crippen LogP contribution in [0.25, 0.3) is 0 Å². The van der Waals surface area contributed by atoms with Crippen molar-refractivity contribution in [2.45, 2.75) is 44.5 Å². The SMILES string of the molecule is CCCC(Br)C(=O)OC(C)C.c1ccc(P(c2ccccc2)c2ccccc2)cc1. The minimum Gasteiger partial charge on any atom is -0.462 e. The molecule has 2 nitrogen and oxygen atoms in total. The van der Waals surface area contributed by atoms with Gasteiger partial charge in [0.1, 0.15) is 4.83 Å². The highest BCUT2D eigenvalue weighted by Crippen LogP contribution is 2.32. The highest BCUT2D eigenvalue weighted by atomic mass is 79.9. The van der Waals surface area contributed by atoms with Crippen LogP contribution in [0.15, 0.2) is 91.0 Å². The summed E-state index contributed by atoms with van der Waals surface area (Å²) in [6, 6.07) is 32.3. The van der Waals surface area contributed by atoms with E-state index in [0.717, 1.165) is 12.8 Å². The van der Waals surface area contributed by atoms with Gasteiger partial charge in [0, 0.05) is 0 Å². The van der Waals surface area contributed by atoms with Crippen molar-refractivity contribution in [3.8, 4) is 0 Å². The van der Waals surface area contributed by atoms with E-state index in [1.54, 1.807) is 0 Å². The number of ether oxygens (including phenoxy) is 1. The van der Waals surface area contributed by atoms with Gasteiger partial charge in [-0.25, -0.2) is 0 Å². The number of halogens is 1. The van der Waals surface area contributed by atoms with Gasteiger partial charge < -0.3 is 4.74 Å². The van der Waals surface area contributed by atoms with Gasteiger partial charge in [0.25, 0.3) is 0 Å². The van der Waals surface area contributed by atoms with E-state index in [4.69, 9.17) is 4.74 Å². The molecule has 30 heavy (non-hydrogen) atoms. The molecule has 0 saturated heterocycles. The molecule has 1 unspecified atom stereocenters. The Morgan fingerprint density at radius 1 is 0.800 bits per heavy atom. The summed E-state index contributed by atoms with van der Waals surface area (Å²) < 4.78 is 4.98. The molecular formula is C26H30BrO2P. The van der Waals surface area contributed by atoms with E-state index in [2.05, 4.69) is 107 Å². The molecule has 0 aliphatic carbocycles. The van der Waals surface area contributed by atoms with Crippen LogP contribution >= 0.6 is 23.9 Å². The number of hydrogen-bond acceptors (Lipinski definition) is 2. The maximum Gasteiger partial charge on any atom is 0.319 e. The third kappa shape index (κ3) is 8.05. The molecule has 3 aromatic carbocycles. The van der Waals surface area contributed by atoms with Crippen molar-refractivity contribution in [2.75, 3.05) is 0 Å². The molecular weight excluding hydrogens is 455 g/mol. The molecule has 158 valence electrons. The predicted molar refractivity (Wildman–Crippen MR) is 134 cm³/mol. The summed E-state index contributed by atoms with van der Waals surface area (Å²) in [7, 11) is -0.446. The van der Waals surface area contributed by atoms with Gasteiger partial charge >= 0.3 is 5.97 Å². The first kappa shape index (κ1) is 24.3. The topological polar surface area (TPSA) is 26.3 Å². The van der Waals surface area contributed by atoms with E-state index in [-0.39, 0.29) is 16.9 Å². The van der Waals surface area contributed by atoms with E-state index >= 15 is 0 Å². The van der Waals surface area contributed by atoms with Crippen molar-refractivity contribution in [3.63, 3.8) is 0 Å². The first-order valence-electron chi connectivity index (χ1n) is 10.3. The molecule has 0 spiro atoms. The van der Waals surface area contributed by atoms with Crippen LogP contribution in [0.3, 0.4) is 0 Å². The van der Waals surface area contributed by atoms with Gasteiger partial charge in [0.15, 0.2) is 0 Å². The summed E-state index contributed by atoms with van der Waals surface area (Å²) in [6.45, 7) is 5.74. The largest absolute Gasteiger partial charge is 0.462 e. The average molecular weight is 485 g/mol. The van der Waals surface area contributed by atoms with Crippen LogP contribution in [0.5, 0.6) is 0 Å². The number of carbonyl (C=O) groups is 1. The molecule has 1 atom stereocenters. The molecule has 0 fully saturated rings. The normalized spacial score (nSPS) is 11.5. The number of carbonyl (C=O) groups excluding carboxylic acids is 1. The summed E-state index contributed by atoms with van der Waals surface area (Å²) in [5.41, 5.74) is 0. The fourth-order valence-electron chi connectivity index (χ4n) is 2.86. The highest BCUT2D eigenvalue weighted by Gasteiger charge is 2.16. The van der Waals surface area contributed by atoms with Crippen LogP contribution in [0.2, 0.25) is 0 Å². The van der Waals surface area contributed by atoms with Gasteiger partial charge in [-0.2, -0.15) is 0 Å². The van der Waals surface area contributed by atoms with E-state index in [0.29, 0.717) is 0 Å². The van der Waals surface area contributed by atoms with Crippen LogP contribution in [0.4, 0.5) is 0 Å². The lowest BCUT2D eigenvalue weighted by molar-refractivity contribution is -0.146. The Hall–Kier alpha value is -1.96. The maximum atomic E-state index is 11.1. The number of esters is 1. The van der Waals surface area contributed by atoms with Crippen LogP contribution < -0.4 is 15.9 Å². The van der Waals surface area contributed by atoms with Crippen molar-refractivity contribution in [3.05, 3.63) is 91.0 Å². The molecule has 4 heteroatoms. The Balaban J connectivity index is 0.000000252. The second-order valence-corrected chi connectivity index (χ2v) is 10.4. The van der Waals surface area contributed by atoms with Gasteiger partial charge in [0.05, 0.1) is 6.10 Å². The van der Waals surface area contributed by atoms with Gasteiger partial charge in [0.2, 0.25) is 0 Å². The first-order chi connectivity index (χ1) is 14.5. The Morgan fingerprint density at radius 3 is 1.47 bits per heavy atom. The summed E-state index contributed by atoms with van der Waals surface area (Å²) in [5, 5.41) is 4.19. The second kappa shape index (κ2) is 13.4. The maximum absolute atomic E-state index is 11.1. The molecule has 0 bridgehead atoms. The summed E-state index contributed by atoms with van der Waals surface area (Å²) in [6.07, 6.45) is 1.81. The summed E-state index contributed by atoms with van der Waals surface area (Å²) >= 11 is 3.26. The van der Waals surface area contributed by atoms with Gasteiger partial charge in [-0.1, -0.05) is 120 Å². The minimum atomic E-state index is -0.446. The quantitative estimate of drug-likeness (QED) is 0.235. The lowest BCUT2D eigenvalue weighted by atomic mass is 10.2. The first-order valence-corrected chi connectivity index (χ1v) is 12.6. The predicted octanol–water partition coefficient (Wildman–Crippen LogP) is 5.95. The van der Waals surface area contributed by atoms with E-state index in [1.165, 1.54) is 15.9 Å². The van der Waals surface area contributed by atoms with Gasteiger partial charge in [-0.15, -0.1) is 0 Å². The molecule has 0 saturated carbocycles. The molecule has 0 N–H and O–H groups in total. The van der Waals surface area contributed by atoms with Crippen molar-refractivity contribution in [1.82, 2.24) is 0 Å². The second-order valence-electron chi connectivity index (χ2n) is 7.08. The van der Waals surface area contributed by atoms with Crippen molar-refractivity contribution in [1.29, 1.82) is 0 Å². The van der Waals surface area contributed by atoms with E-state index < -0.39 is 7.92 Å². The standard InChI is InChI=1S/C18H15P.C8H15BrO2/c1-4-10-16(11-5-1)19(17-12-6-2-7-13-17)18-14-8-3-9-15-18;1-4-5-7(9)8(10)11-6(2)3/h1-15H;6-7H,4-5H2,1-3H3. The van der Waals surface area contributed by atoms with Crippen molar-refractivity contribution in [2.24, 2.45) is 0 Å². The zero-order chi connectivity index (χ0) is 21.8. The van der Waals surface area contributed by atoms with Crippen LogP contribution in [-0.4, -0.2) is 16.9 Å². The number of hydrogen-bond donors (Lipinski definition) is 0.